The van der Waals surface area contributed by atoms with Crippen LogP contribution in [-0.2, 0) is 4.79 Å². The fourth-order valence-corrected chi connectivity index (χ4v) is 2.18. The van der Waals surface area contributed by atoms with Gasteiger partial charge in [-0.3, -0.25) is 14.9 Å². The smallest absolute Gasteiger partial charge is 0.270 e. The van der Waals surface area contributed by atoms with Gasteiger partial charge in [0.1, 0.15) is 6.07 Å². The van der Waals surface area contributed by atoms with Gasteiger partial charge in [0, 0.05) is 22.8 Å². The lowest BCUT2D eigenvalue weighted by Crippen LogP contribution is -2.22. The van der Waals surface area contributed by atoms with E-state index in [-0.39, 0.29) is 23.7 Å². The Bertz CT molecular complexity index is 846. The third-order valence-electron chi connectivity index (χ3n) is 3.32. The number of carbonyl (C=O) groups excluding carboxylic acids is 1. The molecule has 122 valence electrons. The highest BCUT2D eigenvalue weighted by molar-refractivity contribution is 6.31. The topological polar surface area (TPSA) is 108 Å². The maximum atomic E-state index is 12.0. The van der Waals surface area contributed by atoms with Gasteiger partial charge in [0.2, 0.25) is 5.91 Å². The maximum absolute atomic E-state index is 12.0. The van der Waals surface area contributed by atoms with E-state index in [1.165, 1.54) is 12.1 Å². The van der Waals surface area contributed by atoms with Crippen molar-refractivity contribution in [3.05, 3.63) is 62.7 Å². The number of nitro benzene ring substituents is 1. The highest BCUT2D eigenvalue weighted by atomic mass is 35.5. The number of nitro groups is 1. The predicted molar refractivity (Wildman–Crippen MR) is 91.1 cm³/mol. The Hall–Kier alpha value is -3.11. The van der Waals surface area contributed by atoms with Crippen LogP contribution in [0.3, 0.4) is 0 Å². The summed E-state index contributed by atoms with van der Waals surface area (Å²) in [7, 11) is 0. The Kier molecular flexibility index (Phi) is 5.35. The van der Waals surface area contributed by atoms with E-state index in [0.29, 0.717) is 16.4 Å². The molecule has 2 rings (SSSR count). The lowest BCUT2D eigenvalue weighted by Gasteiger charge is -2.11. The molecule has 1 amide bonds. The van der Waals surface area contributed by atoms with E-state index in [0.717, 1.165) is 11.6 Å². The first-order chi connectivity index (χ1) is 11.4. The summed E-state index contributed by atoms with van der Waals surface area (Å²) in [6.45, 7) is 1.69. The van der Waals surface area contributed by atoms with Crippen LogP contribution in [0.15, 0.2) is 36.4 Å². The summed E-state index contributed by atoms with van der Waals surface area (Å²) < 4.78 is 0. The molecule has 0 heterocycles. The summed E-state index contributed by atoms with van der Waals surface area (Å²) >= 11 is 5.99. The van der Waals surface area contributed by atoms with Crippen molar-refractivity contribution in [3.63, 3.8) is 0 Å². The number of nitrogens with one attached hydrogen (secondary N) is 2. The molecule has 0 unspecified atom stereocenters. The molecule has 0 aliphatic carbocycles. The molecule has 24 heavy (non-hydrogen) atoms. The second-order valence-electron chi connectivity index (χ2n) is 4.91. The normalized spacial score (nSPS) is 9.88. The molecule has 2 aromatic carbocycles. The largest absolute Gasteiger partial charge is 0.375 e. The molecule has 0 aromatic heterocycles. The van der Waals surface area contributed by atoms with Crippen LogP contribution in [0.25, 0.3) is 0 Å². The van der Waals surface area contributed by atoms with Crippen LogP contribution in [0.5, 0.6) is 0 Å². The summed E-state index contributed by atoms with van der Waals surface area (Å²) in [5, 5.41) is 25.8. The van der Waals surface area contributed by atoms with E-state index in [1.54, 1.807) is 25.1 Å². The molecule has 0 aliphatic heterocycles. The number of nitrogens with zero attached hydrogens (tertiary/aromatic N) is 2. The van der Waals surface area contributed by atoms with Crippen molar-refractivity contribution < 1.29 is 9.72 Å². The van der Waals surface area contributed by atoms with E-state index in [4.69, 9.17) is 16.9 Å². The van der Waals surface area contributed by atoms with E-state index in [1.807, 2.05) is 6.07 Å². The number of benzene rings is 2. The number of carbonyl (C=O) groups is 1. The Morgan fingerprint density at radius 3 is 2.75 bits per heavy atom. The number of non-ortho nitro benzene ring substituents is 1. The van der Waals surface area contributed by atoms with Crippen molar-refractivity contribution in [2.75, 3.05) is 17.2 Å². The van der Waals surface area contributed by atoms with E-state index in [9.17, 15) is 14.9 Å². The first-order valence-corrected chi connectivity index (χ1v) is 7.27. The molecule has 0 bridgehead atoms. The van der Waals surface area contributed by atoms with Crippen LogP contribution >= 0.6 is 11.6 Å². The average Bonchev–Trinajstić information content (AvgIpc) is 2.56. The van der Waals surface area contributed by atoms with Gasteiger partial charge in [0.05, 0.1) is 22.7 Å². The molecular weight excluding hydrogens is 332 g/mol. The standard InChI is InChI=1S/C16H13ClN4O3/c1-10-13(17)3-2-4-14(10)20-16(22)9-19-15-6-5-12(21(23)24)7-11(15)8-18/h2-7,19H,9H2,1H3,(H,20,22). The number of nitriles is 1. The Labute approximate surface area is 143 Å². The van der Waals surface area contributed by atoms with Gasteiger partial charge >= 0.3 is 0 Å². The van der Waals surface area contributed by atoms with Crippen molar-refractivity contribution >= 4 is 34.6 Å². The Morgan fingerprint density at radius 1 is 1.33 bits per heavy atom. The lowest BCUT2D eigenvalue weighted by molar-refractivity contribution is -0.384. The number of amides is 1. The van der Waals surface area contributed by atoms with Crippen LogP contribution in [0.2, 0.25) is 5.02 Å². The molecule has 2 N–H and O–H groups in total. The highest BCUT2D eigenvalue weighted by Crippen LogP contribution is 2.23. The quantitative estimate of drug-likeness (QED) is 0.637. The third kappa shape index (κ3) is 4.00. The van der Waals surface area contributed by atoms with Gasteiger partial charge in [-0.2, -0.15) is 5.26 Å². The van der Waals surface area contributed by atoms with Crippen LogP contribution < -0.4 is 10.6 Å². The summed E-state index contributed by atoms with van der Waals surface area (Å²) in [4.78, 5) is 22.1. The van der Waals surface area contributed by atoms with Crippen LogP contribution in [0.4, 0.5) is 17.1 Å². The second kappa shape index (κ2) is 7.44. The number of hydrogen-bond acceptors (Lipinski definition) is 5. The van der Waals surface area contributed by atoms with Crippen LogP contribution in [-0.4, -0.2) is 17.4 Å². The lowest BCUT2D eigenvalue weighted by atomic mass is 10.1. The zero-order valence-electron chi connectivity index (χ0n) is 12.7. The maximum Gasteiger partial charge on any atom is 0.270 e. The zero-order valence-corrected chi connectivity index (χ0v) is 13.4. The monoisotopic (exact) mass is 344 g/mol. The zero-order chi connectivity index (χ0) is 17.7. The molecule has 0 atom stereocenters. The minimum Gasteiger partial charge on any atom is -0.375 e. The Balaban J connectivity index is 2.05. The number of rotatable bonds is 5. The number of hydrogen-bond donors (Lipinski definition) is 2. The van der Waals surface area contributed by atoms with Crippen LogP contribution in [0, 0.1) is 28.4 Å². The molecule has 0 fully saturated rings. The van der Waals surface area contributed by atoms with Crippen molar-refractivity contribution in [1.29, 1.82) is 5.26 Å². The van der Waals surface area contributed by atoms with Crippen molar-refractivity contribution in [1.82, 2.24) is 0 Å². The van der Waals surface area contributed by atoms with E-state index < -0.39 is 4.92 Å². The van der Waals surface area contributed by atoms with Gasteiger partial charge in [0.25, 0.3) is 5.69 Å². The molecule has 7 nitrogen and oxygen atoms in total. The molecule has 0 saturated heterocycles. The van der Waals surface area contributed by atoms with E-state index in [2.05, 4.69) is 10.6 Å². The third-order valence-corrected chi connectivity index (χ3v) is 3.73. The highest BCUT2D eigenvalue weighted by Gasteiger charge is 2.12. The summed E-state index contributed by atoms with van der Waals surface area (Å²) in [6, 6.07) is 10.9. The Morgan fingerprint density at radius 2 is 2.08 bits per heavy atom. The molecule has 0 aliphatic rings. The van der Waals surface area contributed by atoms with Gasteiger partial charge < -0.3 is 10.6 Å². The summed E-state index contributed by atoms with van der Waals surface area (Å²) in [5.41, 5.74) is 1.60. The van der Waals surface area contributed by atoms with Gasteiger partial charge in [0.15, 0.2) is 0 Å². The molecule has 0 spiro atoms. The van der Waals surface area contributed by atoms with Crippen molar-refractivity contribution in [3.8, 4) is 6.07 Å². The van der Waals surface area contributed by atoms with Gasteiger partial charge in [-0.25, -0.2) is 0 Å². The fourth-order valence-electron chi connectivity index (χ4n) is 2.01. The molecule has 2 aromatic rings. The molecule has 0 radical (unpaired) electrons. The van der Waals surface area contributed by atoms with Crippen LogP contribution in [0.1, 0.15) is 11.1 Å². The van der Waals surface area contributed by atoms with Crippen molar-refractivity contribution in [2.24, 2.45) is 0 Å². The van der Waals surface area contributed by atoms with Gasteiger partial charge in [-0.05, 0) is 30.7 Å². The van der Waals surface area contributed by atoms with E-state index >= 15 is 0 Å². The fraction of sp³-hybridized carbons (Fsp3) is 0.125. The predicted octanol–water partition coefficient (Wildman–Crippen LogP) is 3.48. The van der Waals surface area contributed by atoms with Gasteiger partial charge in [-0.1, -0.05) is 17.7 Å². The number of halogens is 1. The molecule has 8 heteroatoms. The first-order valence-electron chi connectivity index (χ1n) is 6.89. The summed E-state index contributed by atoms with van der Waals surface area (Å²) in [5.74, 6) is -0.331. The second-order valence-corrected chi connectivity index (χ2v) is 5.32. The molecule has 0 saturated carbocycles. The molecular formula is C16H13ClN4O3. The minimum absolute atomic E-state index is 0.0935. The first kappa shape index (κ1) is 17.2. The van der Waals surface area contributed by atoms with Gasteiger partial charge in [-0.15, -0.1) is 0 Å². The summed E-state index contributed by atoms with van der Waals surface area (Å²) in [6.07, 6.45) is 0. The number of anilines is 2. The SMILES string of the molecule is Cc1c(Cl)cccc1NC(=O)CNc1ccc([N+](=O)[O-])cc1C#N. The minimum atomic E-state index is -0.584. The average molecular weight is 345 g/mol. The van der Waals surface area contributed by atoms with Crippen molar-refractivity contribution in [2.45, 2.75) is 6.92 Å².